The van der Waals surface area contributed by atoms with Crippen LogP contribution in [-0.4, -0.2) is 35.8 Å². The van der Waals surface area contributed by atoms with Crippen molar-refractivity contribution >= 4 is 40.9 Å². The average molecular weight is 464 g/mol. The average Bonchev–Trinajstić information content (AvgIpc) is 3.41. The smallest absolute Gasteiger partial charge is 0.250 e. The van der Waals surface area contributed by atoms with Crippen molar-refractivity contribution in [2.24, 2.45) is 11.8 Å². The Morgan fingerprint density at radius 2 is 1.79 bits per heavy atom. The number of thioether (sulfide) groups is 1. The number of rotatable bonds is 7. The van der Waals surface area contributed by atoms with Gasteiger partial charge in [-0.15, -0.1) is 0 Å². The second kappa shape index (κ2) is 8.61. The zero-order chi connectivity index (χ0) is 23.2. The van der Waals surface area contributed by atoms with Crippen LogP contribution in [0.15, 0.2) is 48.5 Å². The second-order valence-electron chi connectivity index (χ2n) is 9.13. The minimum absolute atomic E-state index is 0.209. The normalized spacial score (nSPS) is 27.9. The predicted molar refractivity (Wildman–Crippen MR) is 131 cm³/mol. The summed E-state index contributed by atoms with van der Waals surface area (Å²) in [6, 6.07) is 14.9. The Kier molecular flexibility index (Phi) is 5.79. The number of aryl methyl sites for hydroxylation is 1. The molecule has 2 aromatic rings. The molecule has 3 aliphatic heterocycles. The monoisotopic (exact) mass is 463 g/mol. The summed E-state index contributed by atoms with van der Waals surface area (Å²) in [4.78, 5) is 42.3. The first kappa shape index (κ1) is 22.2. The van der Waals surface area contributed by atoms with Gasteiger partial charge in [0.1, 0.15) is 5.54 Å². The maximum Gasteiger partial charge on any atom is 0.250 e. The summed E-state index contributed by atoms with van der Waals surface area (Å²) in [5.74, 6) is -1.24. The molecular formula is C26H29N3O3S. The molecule has 2 N–H and O–H groups in total. The quantitative estimate of drug-likeness (QED) is 0.612. The van der Waals surface area contributed by atoms with Crippen LogP contribution < -0.4 is 15.5 Å². The van der Waals surface area contributed by atoms with Crippen molar-refractivity contribution in [1.29, 1.82) is 0 Å². The van der Waals surface area contributed by atoms with E-state index in [2.05, 4.69) is 17.6 Å². The van der Waals surface area contributed by atoms with Gasteiger partial charge in [0.2, 0.25) is 17.7 Å². The maximum atomic E-state index is 13.9. The van der Waals surface area contributed by atoms with Crippen LogP contribution in [-0.2, 0) is 26.3 Å². The summed E-state index contributed by atoms with van der Waals surface area (Å²) in [6.07, 6.45) is 5.93. The van der Waals surface area contributed by atoms with Gasteiger partial charge in [-0.2, -0.15) is 11.8 Å². The molecule has 0 radical (unpaired) electrons. The molecule has 6 nitrogen and oxygen atoms in total. The van der Waals surface area contributed by atoms with Crippen LogP contribution in [0.1, 0.15) is 37.3 Å². The fourth-order valence-corrected chi connectivity index (χ4v) is 6.19. The predicted octanol–water partition coefficient (Wildman–Crippen LogP) is 3.71. The molecule has 0 bridgehead atoms. The molecule has 172 valence electrons. The Morgan fingerprint density at radius 3 is 2.52 bits per heavy atom. The summed E-state index contributed by atoms with van der Waals surface area (Å²) in [6.45, 7) is 2.16. The molecule has 2 saturated heterocycles. The Hall–Kier alpha value is -2.64. The van der Waals surface area contributed by atoms with Gasteiger partial charge in [-0.3, -0.25) is 19.7 Å². The molecule has 0 saturated carbocycles. The van der Waals surface area contributed by atoms with E-state index in [0.29, 0.717) is 17.8 Å². The number of carbonyl (C=O) groups excluding carboxylic acids is 3. The van der Waals surface area contributed by atoms with Crippen LogP contribution >= 0.6 is 11.8 Å². The van der Waals surface area contributed by atoms with E-state index in [1.165, 1.54) is 10.5 Å². The first-order chi connectivity index (χ1) is 16.0. The summed E-state index contributed by atoms with van der Waals surface area (Å²) >= 11 is 1.70. The molecule has 3 amide bonds. The lowest BCUT2D eigenvalue weighted by molar-refractivity contribution is -0.130. The minimum Gasteiger partial charge on any atom is -0.324 e. The highest BCUT2D eigenvalue weighted by atomic mass is 32.2. The van der Waals surface area contributed by atoms with Gasteiger partial charge in [-0.25, -0.2) is 4.90 Å². The van der Waals surface area contributed by atoms with E-state index in [4.69, 9.17) is 0 Å². The number of anilines is 2. The lowest BCUT2D eigenvalue weighted by Gasteiger charge is -2.29. The largest absolute Gasteiger partial charge is 0.324 e. The van der Waals surface area contributed by atoms with Gasteiger partial charge in [0.15, 0.2) is 0 Å². The van der Waals surface area contributed by atoms with Gasteiger partial charge in [-0.05, 0) is 55.0 Å². The molecule has 1 spiro atoms. The van der Waals surface area contributed by atoms with Crippen molar-refractivity contribution < 1.29 is 14.4 Å². The highest BCUT2D eigenvalue weighted by Gasteiger charge is 2.70. The summed E-state index contributed by atoms with van der Waals surface area (Å²) in [5, 5.41) is 6.43. The van der Waals surface area contributed by atoms with Gasteiger partial charge in [0.25, 0.3) is 0 Å². The van der Waals surface area contributed by atoms with E-state index in [-0.39, 0.29) is 23.8 Å². The Morgan fingerprint density at radius 1 is 1.03 bits per heavy atom. The van der Waals surface area contributed by atoms with Crippen molar-refractivity contribution in [2.45, 2.75) is 44.2 Å². The zero-order valence-corrected chi connectivity index (χ0v) is 19.8. The molecule has 0 unspecified atom stereocenters. The fourth-order valence-electron chi connectivity index (χ4n) is 5.70. The van der Waals surface area contributed by atoms with Gasteiger partial charge >= 0.3 is 0 Å². The van der Waals surface area contributed by atoms with Gasteiger partial charge in [0, 0.05) is 17.3 Å². The van der Waals surface area contributed by atoms with E-state index in [1.54, 1.807) is 11.8 Å². The Balaban J connectivity index is 1.55. The number of benzene rings is 2. The number of hydrogen-bond acceptors (Lipinski definition) is 5. The number of amides is 3. The highest BCUT2D eigenvalue weighted by molar-refractivity contribution is 7.98. The molecule has 0 aromatic heterocycles. The number of nitrogens with one attached hydrogen (secondary N) is 2. The van der Waals surface area contributed by atoms with Crippen LogP contribution in [0.3, 0.4) is 0 Å². The molecule has 0 aliphatic carbocycles. The van der Waals surface area contributed by atoms with Crippen molar-refractivity contribution in [1.82, 2.24) is 5.32 Å². The molecular weight excluding hydrogens is 434 g/mol. The first-order valence-corrected chi connectivity index (χ1v) is 13.1. The van der Waals surface area contributed by atoms with Crippen LogP contribution in [0.2, 0.25) is 0 Å². The minimum atomic E-state index is -1.22. The van der Waals surface area contributed by atoms with Crippen LogP contribution in [0, 0.1) is 11.8 Å². The topological polar surface area (TPSA) is 78.5 Å². The lowest BCUT2D eigenvalue weighted by Crippen LogP contribution is -2.53. The molecule has 33 heavy (non-hydrogen) atoms. The molecule has 3 aliphatic rings. The van der Waals surface area contributed by atoms with E-state index < -0.39 is 17.4 Å². The Labute approximate surface area is 198 Å². The second-order valence-corrected chi connectivity index (χ2v) is 10.1. The number of imide groups is 1. The van der Waals surface area contributed by atoms with Crippen LogP contribution in [0.25, 0.3) is 0 Å². The van der Waals surface area contributed by atoms with Gasteiger partial charge in [-0.1, -0.05) is 43.7 Å². The summed E-state index contributed by atoms with van der Waals surface area (Å²) in [7, 11) is 0. The number of hydrogen-bond donors (Lipinski definition) is 2. The standard InChI is InChI=1S/C26H29N3O3S/c1-3-4-7-16-10-12-17(13-11-16)29-23(30)21-20(14-15-33-2)28-26(22(21)24(29)31)18-8-5-6-9-19(18)27-25(26)32/h5-6,8-13,20-22,28H,3-4,7,14-15H2,1-2H3,(H,27,32)/t20-,21+,22-,26-/m0/s1. The number of carbonyl (C=O) groups is 3. The van der Waals surface area contributed by atoms with E-state index in [9.17, 15) is 14.4 Å². The van der Waals surface area contributed by atoms with Crippen LogP contribution in [0.4, 0.5) is 11.4 Å². The fraction of sp³-hybridized carbons (Fsp3) is 0.423. The third-order valence-electron chi connectivity index (χ3n) is 7.27. The third kappa shape index (κ3) is 3.32. The molecule has 3 heterocycles. The van der Waals surface area contributed by atoms with Crippen molar-refractivity contribution in [3.63, 3.8) is 0 Å². The molecule has 2 fully saturated rings. The SMILES string of the molecule is CCCCc1ccc(N2C(=O)[C@@H]3[C@H](CCSC)N[C@]4(C(=O)Nc5ccccc54)[C@@H]3C2=O)cc1. The number of para-hydroxylation sites is 1. The van der Waals surface area contributed by atoms with Crippen molar-refractivity contribution in [2.75, 3.05) is 22.2 Å². The number of fused-ring (bicyclic) bond motifs is 4. The van der Waals surface area contributed by atoms with Gasteiger partial charge < -0.3 is 5.32 Å². The first-order valence-electron chi connectivity index (χ1n) is 11.7. The number of nitrogens with zero attached hydrogens (tertiary/aromatic N) is 1. The Bertz CT molecular complexity index is 1100. The lowest BCUT2D eigenvalue weighted by atomic mass is 9.76. The van der Waals surface area contributed by atoms with Gasteiger partial charge in [0.05, 0.1) is 17.5 Å². The molecule has 4 atom stereocenters. The van der Waals surface area contributed by atoms with Crippen molar-refractivity contribution in [3.8, 4) is 0 Å². The maximum absolute atomic E-state index is 13.9. The summed E-state index contributed by atoms with van der Waals surface area (Å²) < 4.78 is 0. The number of unbranched alkanes of at least 4 members (excludes halogenated alkanes) is 1. The summed E-state index contributed by atoms with van der Waals surface area (Å²) in [5.41, 5.74) is 2.03. The molecule has 7 heteroatoms. The van der Waals surface area contributed by atoms with Crippen molar-refractivity contribution in [3.05, 3.63) is 59.7 Å². The third-order valence-corrected chi connectivity index (χ3v) is 7.91. The van der Waals surface area contributed by atoms with Crippen LogP contribution in [0.5, 0.6) is 0 Å². The molecule has 5 rings (SSSR count). The zero-order valence-electron chi connectivity index (χ0n) is 19.0. The van der Waals surface area contributed by atoms with E-state index >= 15 is 0 Å². The molecule has 2 aromatic carbocycles. The van der Waals surface area contributed by atoms with E-state index in [0.717, 1.165) is 30.6 Å². The highest BCUT2D eigenvalue weighted by Crippen LogP contribution is 2.53. The van der Waals surface area contributed by atoms with E-state index in [1.807, 2.05) is 54.8 Å².